The van der Waals surface area contributed by atoms with Crippen LogP contribution in [0.5, 0.6) is 5.75 Å². The Kier molecular flexibility index (Phi) is 7.15. The van der Waals surface area contributed by atoms with Gasteiger partial charge in [0.15, 0.2) is 5.78 Å². The summed E-state index contributed by atoms with van der Waals surface area (Å²) in [7, 11) is 1.62. The van der Waals surface area contributed by atoms with Crippen molar-refractivity contribution in [1.82, 2.24) is 5.32 Å². The number of hydrogen-bond donors (Lipinski definition) is 2. The molecule has 0 radical (unpaired) electrons. The monoisotopic (exact) mass is 363 g/mol. The average molecular weight is 363 g/mol. The summed E-state index contributed by atoms with van der Waals surface area (Å²) in [6.45, 7) is 2.02. The highest BCUT2D eigenvalue weighted by Gasteiger charge is 2.09. The van der Waals surface area contributed by atoms with Gasteiger partial charge in [-0.05, 0) is 49.2 Å². The number of ether oxygens (including phenoxy) is 1. The van der Waals surface area contributed by atoms with Gasteiger partial charge in [0.05, 0.1) is 7.11 Å². The summed E-state index contributed by atoms with van der Waals surface area (Å²) in [6, 6.07) is 16.1. The zero-order valence-electron chi connectivity index (χ0n) is 15.3. The topological polar surface area (TPSA) is 91.2 Å². The zero-order valence-corrected chi connectivity index (χ0v) is 15.3. The third kappa shape index (κ3) is 5.72. The van der Waals surface area contributed by atoms with Crippen molar-refractivity contribution in [3.8, 4) is 11.8 Å². The van der Waals surface area contributed by atoms with Gasteiger partial charge in [-0.25, -0.2) is 0 Å². The molecular formula is C21H21N3O3. The molecule has 0 aliphatic carbocycles. The first kappa shape index (κ1) is 19.7. The number of anilines is 1. The van der Waals surface area contributed by atoms with E-state index in [0.29, 0.717) is 24.2 Å². The molecule has 27 heavy (non-hydrogen) atoms. The predicted octanol–water partition coefficient (Wildman–Crippen LogP) is 3.08. The Morgan fingerprint density at radius 2 is 1.85 bits per heavy atom. The van der Waals surface area contributed by atoms with E-state index in [0.717, 1.165) is 11.3 Å². The van der Waals surface area contributed by atoms with Gasteiger partial charge in [0.25, 0.3) is 5.91 Å². The molecule has 138 valence electrons. The Bertz CT molecular complexity index is 880. The van der Waals surface area contributed by atoms with Crippen LogP contribution in [0.15, 0.2) is 60.3 Å². The molecule has 2 aromatic rings. The maximum absolute atomic E-state index is 12.2. The number of para-hydroxylation sites is 1. The van der Waals surface area contributed by atoms with Crippen LogP contribution in [0, 0.1) is 11.3 Å². The SMILES string of the molecule is COc1ccccc1CCN/C=C(/C#N)C(=O)Nc1ccc(C(C)=O)cc1. The summed E-state index contributed by atoms with van der Waals surface area (Å²) in [4.78, 5) is 23.5. The fraction of sp³-hybridized carbons (Fsp3) is 0.190. The minimum absolute atomic E-state index is 0.0364. The lowest BCUT2D eigenvalue weighted by Gasteiger charge is -2.08. The van der Waals surface area contributed by atoms with Crippen LogP contribution in [0.3, 0.4) is 0 Å². The van der Waals surface area contributed by atoms with Crippen molar-refractivity contribution in [3.05, 3.63) is 71.4 Å². The first-order valence-electron chi connectivity index (χ1n) is 8.43. The maximum atomic E-state index is 12.2. The van der Waals surface area contributed by atoms with E-state index in [4.69, 9.17) is 4.74 Å². The van der Waals surface area contributed by atoms with Crippen LogP contribution in [0.2, 0.25) is 0 Å². The smallest absolute Gasteiger partial charge is 0.267 e. The Morgan fingerprint density at radius 3 is 2.48 bits per heavy atom. The van der Waals surface area contributed by atoms with Gasteiger partial charge in [-0.15, -0.1) is 0 Å². The van der Waals surface area contributed by atoms with Crippen LogP contribution in [0.25, 0.3) is 0 Å². The van der Waals surface area contributed by atoms with E-state index < -0.39 is 5.91 Å². The van der Waals surface area contributed by atoms with Gasteiger partial charge >= 0.3 is 0 Å². The molecule has 1 amide bonds. The first-order chi connectivity index (χ1) is 13.0. The summed E-state index contributed by atoms with van der Waals surface area (Å²) < 4.78 is 5.29. The zero-order chi connectivity index (χ0) is 19.6. The number of nitrogens with one attached hydrogen (secondary N) is 2. The molecule has 6 nitrogen and oxygen atoms in total. The highest BCUT2D eigenvalue weighted by molar-refractivity contribution is 6.06. The van der Waals surface area contributed by atoms with E-state index in [1.165, 1.54) is 13.1 Å². The number of nitriles is 1. The number of Topliss-reactive ketones (excluding diaryl/α,β-unsaturated/α-hetero) is 1. The van der Waals surface area contributed by atoms with E-state index >= 15 is 0 Å². The highest BCUT2D eigenvalue weighted by atomic mass is 16.5. The lowest BCUT2D eigenvalue weighted by Crippen LogP contribution is -2.18. The normalized spacial score (nSPS) is 10.6. The molecule has 2 aromatic carbocycles. The fourth-order valence-corrected chi connectivity index (χ4v) is 2.43. The Labute approximate surface area is 158 Å². The first-order valence-corrected chi connectivity index (χ1v) is 8.43. The molecule has 0 saturated carbocycles. The minimum Gasteiger partial charge on any atom is -0.496 e. The van der Waals surface area contributed by atoms with Gasteiger partial charge in [0.1, 0.15) is 17.4 Å². The van der Waals surface area contributed by atoms with Gasteiger partial charge in [0.2, 0.25) is 0 Å². The number of amides is 1. The summed E-state index contributed by atoms with van der Waals surface area (Å²) in [6.07, 6.45) is 2.09. The molecule has 0 unspecified atom stereocenters. The van der Waals surface area contributed by atoms with E-state index in [1.807, 2.05) is 30.3 Å². The summed E-state index contributed by atoms with van der Waals surface area (Å²) in [5.41, 5.74) is 2.07. The van der Waals surface area contributed by atoms with Gasteiger partial charge in [-0.2, -0.15) is 5.26 Å². The molecule has 0 heterocycles. The minimum atomic E-state index is -0.516. The van der Waals surface area contributed by atoms with Crippen molar-refractivity contribution >= 4 is 17.4 Å². The molecule has 0 aliphatic rings. The van der Waals surface area contributed by atoms with Crippen LogP contribution in [-0.2, 0) is 11.2 Å². The predicted molar refractivity (Wildman–Crippen MR) is 103 cm³/mol. The second kappa shape index (κ2) is 9.78. The van der Waals surface area contributed by atoms with Crippen LogP contribution in [0.1, 0.15) is 22.8 Å². The molecule has 2 rings (SSSR count). The van der Waals surface area contributed by atoms with E-state index in [-0.39, 0.29) is 11.4 Å². The van der Waals surface area contributed by atoms with Crippen LogP contribution in [0.4, 0.5) is 5.69 Å². The number of nitrogens with zero attached hydrogens (tertiary/aromatic N) is 1. The Balaban J connectivity index is 1.92. The van der Waals surface area contributed by atoms with Crippen molar-refractivity contribution in [2.24, 2.45) is 0 Å². The summed E-state index contributed by atoms with van der Waals surface area (Å²) in [5, 5.41) is 14.8. The van der Waals surface area contributed by atoms with Crippen LogP contribution < -0.4 is 15.4 Å². The Hall–Kier alpha value is -3.59. The van der Waals surface area contributed by atoms with Gasteiger partial charge in [0, 0.05) is 24.0 Å². The third-order valence-corrected chi connectivity index (χ3v) is 3.89. The summed E-state index contributed by atoms with van der Waals surface area (Å²) >= 11 is 0. The van der Waals surface area contributed by atoms with Crippen molar-refractivity contribution in [3.63, 3.8) is 0 Å². The fourth-order valence-electron chi connectivity index (χ4n) is 2.43. The molecule has 0 spiro atoms. The maximum Gasteiger partial charge on any atom is 0.267 e. The standard InChI is InChI=1S/C21H21N3O3/c1-15(25)16-7-9-19(10-8-16)24-21(26)18(13-22)14-23-12-11-17-5-3-4-6-20(17)27-2/h3-10,14,23H,11-12H2,1-2H3,(H,24,26)/b18-14-. The number of ketones is 1. The van der Waals surface area contributed by atoms with Crippen LogP contribution in [-0.4, -0.2) is 25.3 Å². The van der Waals surface area contributed by atoms with E-state index in [9.17, 15) is 14.9 Å². The summed E-state index contributed by atoms with van der Waals surface area (Å²) in [5.74, 6) is 0.234. The second-order valence-corrected chi connectivity index (χ2v) is 5.77. The molecule has 0 atom stereocenters. The van der Waals surface area contributed by atoms with Crippen LogP contribution >= 0.6 is 0 Å². The van der Waals surface area contributed by atoms with Crippen molar-refractivity contribution in [2.75, 3.05) is 19.0 Å². The molecule has 0 saturated heterocycles. The lowest BCUT2D eigenvalue weighted by atomic mass is 10.1. The van der Waals surface area contributed by atoms with Crippen molar-refractivity contribution in [2.45, 2.75) is 13.3 Å². The van der Waals surface area contributed by atoms with Crippen molar-refractivity contribution < 1.29 is 14.3 Å². The third-order valence-electron chi connectivity index (χ3n) is 3.89. The molecule has 0 fully saturated rings. The molecule has 6 heteroatoms. The van der Waals surface area contributed by atoms with E-state index in [1.54, 1.807) is 31.4 Å². The molecule has 0 aliphatic heterocycles. The Morgan fingerprint density at radius 1 is 1.15 bits per heavy atom. The molecule has 0 bridgehead atoms. The van der Waals surface area contributed by atoms with Crippen molar-refractivity contribution in [1.29, 1.82) is 5.26 Å². The van der Waals surface area contributed by atoms with Gasteiger partial charge in [-0.3, -0.25) is 9.59 Å². The quantitative estimate of drug-likeness (QED) is 0.325. The highest BCUT2D eigenvalue weighted by Crippen LogP contribution is 2.17. The lowest BCUT2D eigenvalue weighted by molar-refractivity contribution is -0.112. The number of carbonyl (C=O) groups excluding carboxylic acids is 2. The molecule has 0 aromatic heterocycles. The van der Waals surface area contributed by atoms with Gasteiger partial charge < -0.3 is 15.4 Å². The number of benzene rings is 2. The largest absolute Gasteiger partial charge is 0.496 e. The number of hydrogen-bond acceptors (Lipinski definition) is 5. The molecule has 2 N–H and O–H groups in total. The van der Waals surface area contributed by atoms with Gasteiger partial charge in [-0.1, -0.05) is 18.2 Å². The average Bonchev–Trinajstić information content (AvgIpc) is 2.68. The number of carbonyl (C=O) groups is 2. The second-order valence-electron chi connectivity index (χ2n) is 5.77. The van der Waals surface area contributed by atoms with E-state index in [2.05, 4.69) is 10.6 Å². The molecular weight excluding hydrogens is 342 g/mol. The number of rotatable bonds is 8. The number of methoxy groups -OCH3 is 1.